The van der Waals surface area contributed by atoms with Crippen LogP contribution in [0.4, 0.5) is 0 Å². The van der Waals surface area contributed by atoms with E-state index in [0.29, 0.717) is 0 Å². The van der Waals surface area contributed by atoms with E-state index >= 15 is 0 Å². The third-order valence-electron chi connectivity index (χ3n) is 2.99. The topological polar surface area (TPSA) is 21.3 Å². The highest BCUT2D eigenvalue weighted by Crippen LogP contribution is 2.13. The third kappa shape index (κ3) is 5.55. The van der Waals surface area contributed by atoms with Gasteiger partial charge in [-0.1, -0.05) is 12.1 Å². The standard InChI is InChI=1S/C13H18INO.ClH/c14-13-3-1-11(2-4-13)9-16-10-12-5-7-15-8-6-12;/h1-4,12,15H,5-10H2;1H. The van der Waals surface area contributed by atoms with Gasteiger partial charge in [0, 0.05) is 10.2 Å². The van der Waals surface area contributed by atoms with Crippen molar-refractivity contribution < 1.29 is 4.74 Å². The van der Waals surface area contributed by atoms with E-state index in [0.717, 1.165) is 32.2 Å². The second kappa shape index (κ2) is 8.29. The quantitative estimate of drug-likeness (QED) is 0.825. The van der Waals surface area contributed by atoms with Gasteiger partial charge < -0.3 is 10.1 Å². The zero-order chi connectivity index (χ0) is 11.2. The average Bonchev–Trinajstić information content (AvgIpc) is 2.33. The van der Waals surface area contributed by atoms with E-state index in [9.17, 15) is 0 Å². The van der Waals surface area contributed by atoms with Crippen LogP contribution in [0.25, 0.3) is 0 Å². The molecular weight excluding hydrogens is 349 g/mol. The Bertz CT molecular complexity index is 312. The molecule has 0 spiro atoms. The fourth-order valence-electron chi connectivity index (χ4n) is 1.97. The number of rotatable bonds is 4. The largest absolute Gasteiger partial charge is 0.376 e. The highest BCUT2D eigenvalue weighted by molar-refractivity contribution is 14.1. The summed E-state index contributed by atoms with van der Waals surface area (Å²) in [6.07, 6.45) is 2.51. The molecule has 0 unspecified atom stereocenters. The van der Waals surface area contributed by atoms with Crippen LogP contribution in [0.2, 0.25) is 0 Å². The van der Waals surface area contributed by atoms with E-state index in [-0.39, 0.29) is 12.4 Å². The number of halogens is 2. The summed E-state index contributed by atoms with van der Waals surface area (Å²) in [5, 5.41) is 3.37. The van der Waals surface area contributed by atoms with Crippen LogP contribution in [0.5, 0.6) is 0 Å². The van der Waals surface area contributed by atoms with Crippen molar-refractivity contribution in [3.05, 3.63) is 33.4 Å². The van der Waals surface area contributed by atoms with Crippen molar-refractivity contribution in [3.8, 4) is 0 Å². The molecule has 0 aliphatic carbocycles. The second-order valence-corrected chi connectivity index (χ2v) is 5.58. The molecule has 1 heterocycles. The average molecular weight is 368 g/mol. The molecule has 1 aliphatic heterocycles. The normalized spacial score (nSPS) is 16.5. The lowest BCUT2D eigenvalue weighted by molar-refractivity contribution is 0.0763. The lowest BCUT2D eigenvalue weighted by Crippen LogP contribution is -2.29. The Kier molecular flexibility index (Phi) is 7.43. The molecule has 1 fully saturated rings. The van der Waals surface area contributed by atoms with Crippen molar-refractivity contribution >= 4 is 35.0 Å². The Morgan fingerprint density at radius 1 is 1.18 bits per heavy atom. The van der Waals surface area contributed by atoms with Crippen molar-refractivity contribution in [2.75, 3.05) is 19.7 Å². The van der Waals surface area contributed by atoms with E-state index in [1.807, 2.05) is 0 Å². The predicted molar refractivity (Wildman–Crippen MR) is 81.7 cm³/mol. The number of piperidine rings is 1. The minimum Gasteiger partial charge on any atom is -0.376 e. The molecule has 1 aromatic carbocycles. The SMILES string of the molecule is Cl.Ic1ccc(COCC2CCNCC2)cc1. The van der Waals surface area contributed by atoms with Crippen LogP contribution < -0.4 is 5.32 Å². The maximum absolute atomic E-state index is 5.77. The van der Waals surface area contributed by atoms with E-state index in [2.05, 4.69) is 52.2 Å². The summed E-state index contributed by atoms with van der Waals surface area (Å²) in [5.41, 5.74) is 1.27. The smallest absolute Gasteiger partial charge is 0.0717 e. The van der Waals surface area contributed by atoms with Gasteiger partial charge in [-0.15, -0.1) is 12.4 Å². The molecule has 0 aromatic heterocycles. The highest BCUT2D eigenvalue weighted by atomic mass is 127. The first kappa shape index (κ1) is 15.2. The van der Waals surface area contributed by atoms with Crippen LogP contribution in [0, 0.1) is 9.49 Å². The Labute approximate surface area is 123 Å². The third-order valence-corrected chi connectivity index (χ3v) is 3.71. The fourth-order valence-corrected chi connectivity index (χ4v) is 2.33. The molecule has 1 aliphatic rings. The zero-order valence-electron chi connectivity index (χ0n) is 9.82. The minimum atomic E-state index is 0. The summed E-state index contributed by atoms with van der Waals surface area (Å²) in [6.45, 7) is 3.96. The monoisotopic (exact) mass is 367 g/mol. The number of hydrogen-bond acceptors (Lipinski definition) is 2. The summed E-state index contributed by atoms with van der Waals surface area (Å²) in [4.78, 5) is 0. The predicted octanol–water partition coefficient (Wildman–Crippen LogP) is 3.23. The molecule has 17 heavy (non-hydrogen) atoms. The molecule has 2 nitrogen and oxygen atoms in total. The van der Waals surface area contributed by atoms with Crippen molar-refractivity contribution in [2.24, 2.45) is 5.92 Å². The van der Waals surface area contributed by atoms with Gasteiger partial charge in [-0.05, 0) is 72.1 Å². The Hall–Kier alpha value is 0.160. The van der Waals surface area contributed by atoms with E-state index < -0.39 is 0 Å². The highest BCUT2D eigenvalue weighted by Gasteiger charge is 2.12. The van der Waals surface area contributed by atoms with Gasteiger partial charge in [0.25, 0.3) is 0 Å². The summed E-state index contributed by atoms with van der Waals surface area (Å²) in [5.74, 6) is 0.755. The van der Waals surface area contributed by atoms with Crippen molar-refractivity contribution in [1.82, 2.24) is 5.32 Å². The van der Waals surface area contributed by atoms with Crippen LogP contribution >= 0.6 is 35.0 Å². The molecule has 0 amide bonds. The Balaban J connectivity index is 0.00000144. The number of benzene rings is 1. The molecule has 2 rings (SSSR count). The number of hydrogen-bond donors (Lipinski definition) is 1. The maximum Gasteiger partial charge on any atom is 0.0717 e. The summed E-state index contributed by atoms with van der Waals surface area (Å²) in [6, 6.07) is 8.54. The van der Waals surface area contributed by atoms with Crippen molar-refractivity contribution in [1.29, 1.82) is 0 Å². The summed E-state index contributed by atoms with van der Waals surface area (Å²) >= 11 is 2.32. The molecule has 1 N–H and O–H groups in total. The molecule has 1 aromatic rings. The van der Waals surface area contributed by atoms with Gasteiger partial charge >= 0.3 is 0 Å². The van der Waals surface area contributed by atoms with Gasteiger partial charge in [-0.25, -0.2) is 0 Å². The lowest BCUT2D eigenvalue weighted by atomic mass is 9.99. The maximum atomic E-state index is 5.77. The fraction of sp³-hybridized carbons (Fsp3) is 0.538. The molecule has 0 saturated carbocycles. The number of nitrogens with one attached hydrogen (secondary N) is 1. The van der Waals surface area contributed by atoms with Crippen LogP contribution in [0.3, 0.4) is 0 Å². The zero-order valence-corrected chi connectivity index (χ0v) is 12.8. The van der Waals surface area contributed by atoms with Gasteiger partial charge in [-0.2, -0.15) is 0 Å². The van der Waals surface area contributed by atoms with Gasteiger partial charge in [0.05, 0.1) is 6.61 Å². The molecule has 0 radical (unpaired) electrons. The number of ether oxygens (including phenoxy) is 1. The summed E-state index contributed by atoms with van der Waals surface area (Å²) in [7, 11) is 0. The van der Waals surface area contributed by atoms with Crippen molar-refractivity contribution in [2.45, 2.75) is 19.4 Å². The molecular formula is C13H19ClINO. The molecule has 0 bridgehead atoms. The molecule has 0 atom stereocenters. The minimum absolute atomic E-state index is 0. The van der Waals surface area contributed by atoms with E-state index in [1.54, 1.807) is 0 Å². The van der Waals surface area contributed by atoms with Gasteiger partial charge in [0.2, 0.25) is 0 Å². The molecule has 96 valence electrons. The van der Waals surface area contributed by atoms with Crippen LogP contribution in [-0.4, -0.2) is 19.7 Å². The molecule has 1 saturated heterocycles. The van der Waals surface area contributed by atoms with Gasteiger partial charge in [-0.3, -0.25) is 0 Å². The van der Waals surface area contributed by atoms with E-state index in [1.165, 1.54) is 22.0 Å². The lowest BCUT2D eigenvalue weighted by Gasteiger charge is -2.22. The van der Waals surface area contributed by atoms with Crippen LogP contribution in [0.1, 0.15) is 18.4 Å². The van der Waals surface area contributed by atoms with Crippen molar-refractivity contribution in [3.63, 3.8) is 0 Å². The van der Waals surface area contributed by atoms with E-state index in [4.69, 9.17) is 4.74 Å². The Morgan fingerprint density at radius 2 is 1.82 bits per heavy atom. The first-order valence-electron chi connectivity index (χ1n) is 5.87. The van der Waals surface area contributed by atoms with Crippen LogP contribution in [0.15, 0.2) is 24.3 Å². The summed E-state index contributed by atoms with van der Waals surface area (Å²) < 4.78 is 7.05. The van der Waals surface area contributed by atoms with Gasteiger partial charge in [0.15, 0.2) is 0 Å². The molecule has 4 heteroatoms. The first-order chi connectivity index (χ1) is 7.84. The Morgan fingerprint density at radius 3 is 2.47 bits per heavy atom. The van der Waals surface area contributed by atoms with Crippen LogP contribution in [-0.2, 0) is 11.3 Å². The first-order valence-corrected chi connectivity index (χ1v) is 6.95. The van der Waals surface area contributed by atoms with Gasteiger partial charge in [0.1, 0.15) is 0 Å². The second-order valence-electron chi connectivity index (χ2n) is 4.33.